The standard InChI is InChI=1S/C22H25N5O3/c1-2-30-21(28)15-5-7-17(8-6-15)25-22(29)27-11-3-4-19(14-27)24-18-9-10-20-16(12-18)13-23-26-20/h5-10,12-13,19,24H,2-4,11,14H2,1H3,(H,23,26)(H,25,29). The van der Waals surface area contributed by atoms with Gasteiger partial charge in [0.15, 0.2) is 0 Å². The van der Waals surface area contributed by atoms with E-state index in [-0.39, 0.29) is 18.0 Å². The Morgan fingerprint density at radius 2 is 2.00 bits per heavy atom. The number of benzene rings is 2. The molecule has 1 saturated heterocycles. The van der Waals surface area contributed by atoms with Crippen molar-refractivity contribution in [1.82, 2.24) is 15.1 Å². The summed E-state index contributed by atoms with van der Waals surface area (Å²) < 4.78 is 4.98. The van der Waals surface area contributed by atoms with Crippen LogP contribution in [-0.4, -0.2) is 52.8 Å². The van der Waals surface area contributed by atoms with E-state index < -0.39 is 0 Å². The first kappa shape index (κ1) is 19.8. The number of ether oxygens (including phenoxy) is 1. The molecule has 0 bridgehead atoms. The van der Waals surface area contributed by atoms with Crippen LogP contribution < -0.4 is 10.6 Å². The molecule has 0 saturated carbocycles. The number of hydrogen-bond acceptors (Lipinski definition) is 5. The molecule has 1 aliphatic rings. The van der Waals surface area contributed by atoms with Gasteiger partial charge in [0.05, 0.1) is 23.9 Å². The molecule has 3 aromatic rings. The second kappa shape index (κ2) is 8.86. The van der Waals surface area contributed by atoms with Crippen molar-refractivity contribution in [2.24, 2.45) is 0 Å². The summed E-state index contributed by atoms with van der Waals surface area (Å²) in [6, 6.07) is 12.8. The summed E-state index contributed by atoms with van der Waals surface area (Å²) >= 11 is 0. The van der Waals surface area contributed by atoms with E-state index in [1.54, 1.807) is 37.4 Å². The van der Waals surface area contributed by atoms with Crippen LogP contribution in [0.2, 0.25) is 0 Å². The van der Waals surface area contributed by atoms with Gasteiger partial charge in [0.25, 0.3) is 0 Å². The van der Waals surface area contributed by atoms with E-state index in [0.717, 1.165) is 29.4 Å². The molecule has 2 heterocycles. The van der Waals surface area contributed by atoms with Gasteiger partial charge in [-0.05, 0) is 62.2 Å². The van der Waals surface area contributed by atoms with Crippen LogP contribution >= 0.6 is 0 Å². The molecule has 2 amide bonds. The summed E-state index contributed by atoms with van der Waals surface area (Å²) in [5.74, 6) is -0.367. The molecule has 2 aromatic carbocycles. The second-order valence-electron chi connectivity index (χ2n) is 7.33. The molecule has 1 fully saturated rings. The van der Waals surface area contributed by atoms with Crippen molar-refractivity contribution in [1.29, 1.82) is 0 Å². The largest absolute Gasteiger partial charge is 0.462 e. The lowest BCUT2D eigenvalue weighted by Crippen LogP contribution is -2.46. The van der Waals surface area contributed by atoms with E-state index >= 15 is 0 Å². The highest BCUT2D eigenvalue weighted by Gasteiger charge is 2.24. The van der Waals surface area contributed by atoms with E-state index in [2.05, 4.69) is 26.9 Å². The third-order valence-corrected chi connectivity index (χ3v) is 5.17. The molecule has 8 nitrogen and oxygen atoms in total. The number of anilines is 2. The number of nitrogens with zero attached hydrogens (tertiary/aromatic N) is 2. The number of rotatable bonds is 5. The van der Waals surface area contributed by atoms with Crippen molar-refractivity contribution >= 4 is 34.3 Å². The molecular formula is C22H25N5O3. The molecule has 156 valence electrons. The molecule has 1 unspecified atom stereocenters. The number of carbonyl (C=O) groups excluding carboxylic acids is 2. The van der Waals surface area contributed by atoms with Crippen molar-refractivity contribution in [2.45, 2.75) is 25.8 Å². The lowest BCUT2D eigenvalue weighted by atomic mass is 10.1. The van der Waals surface area contributed by atoms with Crippen molar-refractivity contribution in [2.75, 3.05) is 30.3 Å². The van der Waals surface area contributed by atoms with E-state index in [1.807, 2.05) is 17.0 Å². The van der Waals surface area contributed by atoms with Crippen LogP contribution in [0, 0.1) is 0 Å². The van der Waals surface area contributed by atoms with Crippen LogP contribution in [0.5, 0.6) is 0 Å². The number of amides is 2. The van der Waals surface area contributed by atoms with Gasteiger partial charge in [0.1, 0.15) is 0 Å². The van der Waals surface area contributed by atoms with Crippen molar-refractivity contribution in [3.8, 4) is 0 Å². The van der Waals surface area contributed by atoms with Gasteiger partial charge in [0, 0.05) is 35.9 Å². The number of esters is 1. The minimum absolute atomic E-state index is 0.143. The van der Waals surface area contributed by atoms with Crippen LogP contribution in [0.4, 0.5) is 16.2 Å². The number of H-pyrrole nitrogens is 1. The average molecular weight is 407 g/mol. The first-order valence-corrected chi connectivity index (χ1v) is 10.1. The molecule has 1 atom stereocenters. The number of likely N-dealkylation sites (tertiary alicyclic amines) is 1. The topological polar surface area (TPSA) is 99.4 Å². The summed E-state index contributed by atoms with van der Waals surface area (Å²) in [4.78, 5) is 26.3. The minimum atomic E-state index is -0.367. The van der Waals surface area contributed by atoms with Gasteiger partial charge in [-0.1, -0.05) is 0 Å². The van der Waals surface area contributed by atoms with Crippen molar-refractivity contribution < 1.29 is 14.3 Å². The fourth-order valence-electron chi connectivity index (χ4n) is 3.65. The molecule has 3 N–H and O–H groups in total. The summed E-state index contributed by atoms with van der Waals surface area (Å²) in [5.41, 5.74) is 3.13. The fourth-order valence-corrected chi connectivity index (χ4v) is 3.65. The van der Waals surface area contributed by atoms with Crippen molar-refractivity contribution in [3.63, 3.8) is 0 Å². The average Bonchev–Trinajstić information content (AvgIpc) is 3.22. The third-order valence-electron chi connectivity index (χ3n) is 5.17. The maximum atomic E-state index is 12.7. The van der Waals surface area contributed by atoms with Gasteiger partial charge in [-0.2, -0.15) is 5.10 Å². The Kier molecular flexibility index (Phi) is 5.83. The highest BCUT2D eigenvalue weighted by molar-refractivity contribution is 5.92. The minimum Gasteiger partial charge on any atom is -0.462 e. The first-order chi connectivity index (χ1) is 14.6. The number of fused-ring (bicyclic) bond motifs is 1. The van der Waals surface area contributed by atoms with Crippen molar-refractivity contribution in [3.05, 3.63) is 54.2 Å². The number of nitrogens with one attached hydrogen (secondary N) is 3. The lowest BCUT2D eigenvalue weighted by Gasteiger charge is -2.33. The molecule has 0 radical (unpaired) electrons. The number of aromatic amines is 1. The number of piperidine rings is 1. The highest BCUT2D eigenvalue weighted by atomic mass is 16.5. The smallest absolute Gasteiger partial charge is 0.338 e. The lowest BCUT2D eigenvalue weighted by molar-refractivity contribution is 0.0526. The van der Waals surface area contributed by atoms with Crippen LogP contribution in [0.3, 0.4) is 0 Å². The summed E-state index contributed by atoms with van der Waals surface area (Å²) in [7, 11) is 0. The molecule has 4 rings (SSSR count). The van der Waals surface area contributed by atoms with E-state index in [4.69, 9.17) is 4.74 Å². The van der Waals surface area contributed by atoms with Gasteiger partial charge in [-0.3, -0.25) is 5.10 Å². The maximum absolute atomic E-state index is 12.7. The van der Waals surface area contributed by atoms with Crippen LogP contribution in [0.1, 0.15) is 30.1 Å². The third kappa shape index (κ3) is 4.53. The Morgan fingerprint density at radius 3 is 2.80 bits per heavy atom. The Hall–Kier alpha value is -3.55. The zero-order chi connectivity index (χ0) is 20.9. The molecule has 0 aliphatic carbocycles. The Morgan fingerprint density at radius 1 is 1.20 bits per heavy atom. The van der Waals surface area contributed by atoms with Crippen LogP contribution in [0.15, 0.2) is 48.7 Å². The molecular weight excluding hydrogens is 382 g/mol. The zero-order valence-corrected chi connectivity index (χ0v) is 16.9. The number of hydrogen-bond donors (Lipinski definition) is 3. The van der Waals surface area contributed by atoms with E-state index in [0.29, 0.717) is 30.9 Å². The Balaban J connectivity index is 1.34. The van der Waals surface area contributed by atoms with E-state index in [1.165, 1.54) is 0 Å². The Labute approximate surface area is 174 Å². The van der Waals surface area contributed by atoms with Gasteiger partial charge in [0.2, 0.25) is 0 Å². The quantitative estimate of drug-likeness (QED) is 0.558. The van der Waals surface area contributed by atoms with Gasteiger partial charge >= 0.3 is 12.0 Å². The van der Waals surface area contributed by atoms with Gasteiger partial charge in [-0.25, -0.2) is 9.59 Å². The highest BCUT2D eigenvalue weighted by Crippen LogP contribution is 2.21. The van der Waals surface area contributed by atoms with Gasteiger partial charge in [-0.15, -0.1) is 0 Å². The summed E-state index contributed by atoms with van der Waals surface area (Å²) in [6.45, 7) is 3.43. The second-order valence-corrected chi connectivity index (χ2v) is 7.33. The van der Waals surface area contributed by atoms with Gasteiger partial charge < -0.3 is 20.3 Å². The molecule has 1 aliphatic heterocycles. The SMILES string of the molecule is CCOC(=O)c1ccc(NC(=O)N2CCCC(Nc3ccc4[nH]ncc4c3)C2)cc1. The first-order valence-electron chi connectivity index (χ1n) is 10.1. The summed E-state index contributed by atoms with van der Waals surface area (Å²) in [6.07, 6.45) is 3.73. The monoisotopic (exact) mass is 407 g/mol. The molecule has 1 aromatic heterocycles. The predicted octanol–water partition coefficient (Wildman–Crippen LogP) is 3.85. The normalized spacial score (nSPS) is 16.3. The van der Waals surface area contributed by atoms with Crippen LogP contribution in [-0.2, 0) is 4.74 Å². The van der Waals surface area contributed by atoms with Crippen LogP contribution in [0.25, 0.3) is 10.9 Å². The predicted molar refractivity (Wildman–Crippen MR) is 116 cm³/mol. The summed E-state index contributed by atoms with van der Waals surface area (Å²) in [5, 5.41) is 14.5. The number of aromatic nitrogens is 2. The van der Waals surface area contributed by atoms with E-state index in [9.17, 15) is 9.59 Å². The zero-order valence-electron chi connectivity index (χ0n) is 16.9. The number of carbonyl (C=O) groups is 2. The molecule has 8 heteroatoms. The molecule has 30 heavy (non-hydrogen) atoms. The fraction of sp³-hybridized carbons (Fsp3) is 0.318. The Bertz CT molecular complexity index is 1030. The number of urea groups is 1. The maximum Gasteiger partial charge on any atom is 0.338 e. The molecule has 0 spiro atoms.